The maximum absolute atomic E-state index is 10.5. The fourth-order valence-corrected chi connectivity index (χ4v) is 1.66. The van der Waals surface area contributed by atoms with Crippen molar-refractivity contribution in [1.82, 2.24) is 4.90 Å². The molecule has 0 N–H and O–H groups in total. The van der Waals surface area contributed by atoms with Crippen molar-refractivity contribution < 1.29 is 9.66 Å². The lowest BCUT2D eigenvalue weighted by Gasteiger charge is -2.26. The fraction of sp³-hybridized carbons (Fsp3) is 0.500. The Labute approximate surface area is 101 Å². The Hall–Kier alpha value is -1.62. The van der Waals surface area contributed by atoms with E-state index in [1.54, 1.807) is 12.1 Å². The summed E-state index contributed by atoms with van der Waals surface area (Å²) < 4.78 is 5.70. The van der Waals surface area contributed by atoms with E-state index in [1.807, 2.05) is 6.92 Å². The number of hydrogen-bond acceptors (Lipinski definition) is 4. The van der Waals surface area contributed by atoms with Crippen molar-refractivity contribution >= 4 is 5.69 Å². The Balaban J connectivity index is 2.65. The van der Waals surface area contributed by atoms with Crippen LogP contribution < -0.4 is 4.74 Å². The van der Waals surface area contributed by atoms with Crippen LogP contribution in [-0.2, 0) is 0 Å². The second-order valence-electron chi connectivity index (χ2n) is 3.69. The Morgan fingerprint density at radius 3 is 2.24 bits per heavy atom. The Morgan fingerprint density at radius 1 is 1.29 bits per heavy atom. The molecule has 5 nitrogen and oxygen atoms in total. The van der Waals surface area contributed by atoms with Crippen LogP contribution in [0.5, 0.6) is 5.75 Å². The number of non-ortho nitro benzene ring substituents is 1. The van der Waals surface area contributed by atoms with E-state index in [2.05, 4.69) is 18.7 Å². The van der Waals surface area contributed by atoms with Crippen molar-refractivity contribution in [2.45, 2.75) is 27.0 Å². The van der Waals surface area contributed by atoms with E-state index in [1.165, 1.54) is 12.1 Å². The molecule has 0 amide bonds. The van der Waals surface area contributed by atoms with Crippen LogP contribution in [0, 0.1) is 10.1 Å². The van der Waals surface area contributed by atoms with Gasteiger partial charge in [-0.2, -0.15) is 0 Å². The number of nitro benzene ring substituents is 1. The number of ether oxygens (including phenoxy) is 1. The van der Waals surface area contributed by atoms with Gasteiger partial charge < -0.3 is 4.74 Å². The summed E-state index contributed by atoms with van der Waals surface area (Å²) in [7, 11) is 0. The predicted octanol–water partition coefficient (Wildman–Crippen LogP) is 2.66. The van der Waals surface area contributed by atoms with Crippen LogP contribution >= 0.6 is 0 Å². The number of hydrogen-bond donors (Lipinski definition) is 0. The first-order chi connectivity index (χ1) is 8.08. The molecule has 1 unspecified atom stereocenters. The molecule has 0 heterocycles. The Bertz CT molecular complexity index is 361. The molecule has 0 saturated heterocycles. The van der Waals surface area contributed by atoms with Crippen LogP contribution in [0.25, 0.3) is 0 Å². The molecule has 5 heteroatoms. The third-order valence-electron chi connectivity index (χ3n) is 2.68. The molecule has 0 aromatic heterocycles. The van der Waals surface area contributed by atoms with E-state index in [0.29, 0.717) is 5.75 Å². The summed E-state index contributed by atoms with van der Waals surface area (Å²) in [5.41, 5.74) is 0.0767. The molecular weight excluding hydrogens is 220 g/mol. The molecule has 1 aromatic rings. The van der Waals surface area contributed by atoms with E-state index in [-0.39, 0.29) is 11.9 Å². The van der Waals surface area contributed by atoms with Gasteiger partial charge in [0.05, 0.1) is 4.92 Å². The molecule has 17 heavy (non-hydrogen) atoms. The molecule has 0 spiro atoms. The third kappa shape index (κ3) is 3.71. The summed E-state index contributed by atoms with van der Waals surface area (Å²) in [6, 6.07) is 6.14. The van der Waals surface area contributed by atoms with Gasteiger partial charge in [-0.1, -0.05) is 13.8 Å². The average molecular weight is 238 g/mol. The zero-order valence-electron chi connectivity index (χ0n) is 10.4. The van der Waals surface area contributed by atoms with E-state index >= 15 is 0 Å². The first-order valence-electron chi connectivity index (χ1n) is 5.73. The van der Waals surface area contributed by atoms with Crippen LogP contribution in [0.1, 0.15) is 20.8 Å². The lowest BCUT2D eigenvalue weighted by molar-refractivity contribution is -0.384. The monoisotopic (exact) mass is 238 g/mol. The van der Waals surface area contributed by atoms with Gasteiger partial charge in [0.15, 0.2) is 0 Å². The highest BCUT2D eigenvalue weighted by atomic mass is 16.6. The molecule has 0 aliphatic rings. The van der Waals surface area contributed by atoms with Crippen LogP contribution in [0.3, 0.4) is 0 Å². The van der Waals surface area contributed by atoms with Crippen molar-refractivity contribution in [3.8, 4) is 5.75 Å². The second kappa shape index (κ2) is 6.20. The quantitative estimate of drug-likeness (QED) is 0.434. The first-order valence-corrected chi connectivity index (χ1v) is 5.73. The molecule has 0 aliphatic carbocycles. The van der Waals surface area contributed by atoms with Crippen LogP contribution in [0.4, 0.5) is 5.69 Å². The molecule has 0 saturated carbocycles. The van der Waals surface area contributed by atoms with Gasteiger partial charge in [-0.3, -0.25) is 15.0 Å². The summed E-state index contributed by atoms with van der Waals surface area (Å²) in [5.74, 6) is 0.648. The molecule has 1 rings (SSSR count). The zero-order valence-corrected chi connectivity index (χ0v) is 10.4. The topological polar surface area (TPSA) is 55.6 Å². The van der Waals surface area contributed by atoms with Gasteiger partial charge in [0.2, 0.25) is 0 Å². The number of nitrogens with zero attached hydrogens (tertiary/aromatic N) is 2. The van der Waals surface area contributed by atoms with Crippen LogP contribution in [0.2, 0.25) is 0 Å². The minimum atomic E-state index is -0.419. The molecule has 1 aromatic carbocycles. The fourth-order valence-electron chi connectivity index (χ4n) is 1.66. The molecular formula is C12H18N2O3. The third-order valence-corrected chi connectivity index (χ3v) is 2.68. The number of benzene rings is 1. The van der Waals surface area contributed by atoms with E-state index in [4.69, 9.17) is 4.74 Å². The summed E-state index contributed by atoms with van der Waals surface area (Å²) in [6.07, 6.45) is -0.0357. The Kier molecular flexibility index (Phi) is 4.90. The van der Waals surface area contributed by atoms with Crippen molar-refractivity contribution in [1.29, 1.82) is 0 Å². The van der Waals surface area contributed by atoms with Gasteiger partial charge in [0, 0.05) is 12.1 Å². The number of nitro groups is 1. The highest BCUT2D eigenvalue weighted by molar-refractivity contribution is 5.36. The number of rotatable bonds is 6. The SMILES string of the molecule is CCN(CC)C(C)Oc1ccc([N+](=O)[O-])cc1. The van der Waals surface area contributed by atoms with Crippen LogP contribution in [-0.4, -0.2) is 29.1 Å². The van der Waals surface area contributed by atoms with Crippen molar-refractivity contribution in [2.24, 2.45) is 0 Å². The molecule has 0 fully saturated rings. The van der Waals surface area contributed by atoms with Gasteiger partial charge in [-0.25, -0.2) is 0 Å². The summed E-state index contributed by atoms with van der Waals surface area (Å²) in [6.45, 7) is 7.92. The normalized spacial score (nSPS) is 12.5. The second-order valence-corrected chi connectivity index (χ2v) is 3.69. The van der Waals surface area contributed by atoms with Gasteiger partial charge in [0.1, 0.15) is 12.0 Å². The predicted molar refractivity (Wildman–Crippen MR) is 66.1 cm³/mol. The van der Waals surface area contributed by atoms with Crippen molar-refractivity contribution in [3.05, 3.63) is 34.4 Å². The highest BCUT2D eigenvalue weighted by Gasteiger charge is 2.12. The maximum Gasteiger partial charge on any atom is 0.269 e. The first kappa shape index (κ1) is 13.4. The van der Waals surface area contributed by atoms with Crippen LogP contribution in [0.15, 0.2) is 24.3 Å². The minimum absolute atomic E-state index is 0.0357. The van der Waals surface area contributed by atoms with E-state index < -0.39 is 4.92 Å². The van der Waals surface area contributed by atoms with Crippen molar-refractivity contribution in [3.63, 3.8) is 0 Å². The van der Waals surface area contributed by atoms with Crippen molar-refractivity contribution in [2.75, 3.05) is 13.1 Å². The maximum atomic E-state index is 10.5. The summed E-state index contributed by atoms with van der Waals surface area (Å²) in [5, 5.41) is 10.5. The Morgan fingerprint density at radius 2 is 1.82 bits per heavy atom. The lowest BCUT2D eigenvalue weighted by Crippen LogP contribution is -2.36. The largest absolute Gasteiger partial charge is 0.475 e. The van der Waals surface area contributed by atoms with Gasteiger partial charge in [-0.05, 0) is 32.1 Å². The molecule has 94 valence electrons. The van der Waals surface area contributed by atoms with E-state index in [0.717, 1.165) is 13.1 Å². The molecule has 0 radical (unpaired) electrons. The lowest BCUT2D eigenvalue weighted by atomic mass is 10.3. The zero-order chi connectivity index (χ0) is 12.8. The standard InChI is InChI=1S/C12H18N2O3/c1-4-13(5-2)10(3)17-12-8-6-11(7-9-12)14(15)16/h6-10H,4-5H2,1-3H3. The van der Waals surface area contributed by atoms with E-state index in [9.17, 15) is 10.1 Å². The molecule has 1 atom stereocenters. The minimum Gasteiger partial charge on any atom is -0.475 e. The highest BCUT2D eigenvalue weighted by Crippen LogP contribution is 2.19. The average Bonchev–Trinajstić information content (AvgIpc) is 2.31. The summed E-state index contributed by atoms with van der Waals surface area (Å²) >= 11 is 0. The van der Waals surface area contributed by atoms with Gasteiger partial charge in [-0.15, -0.1) is 0 Å². The smallest absolute Gasteiger partial charge is 0.269 e. The molecule has 0 bridgehead atoms. The van der Waals surface area contributed by atoms with Gasteiger partial charge >= 0.3 is 0 Å². The molecule has 0 aliphatic heterocycles. The van der Waals surface area contributed by atoms with Gasteiger partial charge in [0.25, 0.3) is 5.69 Å². The summed E-state index contributed by atoms with van der Waals surface area (Å²) in [4.78, 5) is 12.2.